The number of amides is 1. The summed E-state index contributed by atoms with van der Waals surface area (Å²) in [6.07, 6.45) is 4.83. The van der Waals surface area contributed by atoms with Crippen molar-refractivity contribution in [2.75, 3.05) is 6.54 Å². The Bertz CT molecular complexity index is 615. The van der Waals surface area contributed by atoms with Crippen molar-refractivity contribution < 1.29 is 4.79 Å². The molecule has 1 aliphatic rings. The lowest BCUT2D eigenvalue weighted by Crippen LogP contribution is -2.29. The molecule has 0 unspecified atom stereocenters. The molecule has 2 heterocycles. The van der Waals surface area contributed by atoms with Crippen LogP contribution in [0.5, 0.6) is 0 Å². The zero-order valence-electron chi connectivity index (χ0n) is 11.7. The van der Waals surface area contributed by atoms with E-state index in [1.54, 1.807) is 0 Å². The van der Waals surface area contributed by atoms with Crippen LogP contribution >= 0.6 is 0 Å². The third-order valence-corrected chi connectivity index (χ3v) is 3.59. The SMILES string of the molecule is Cc1nc2ccccn2c1CNCCC(=O)NC1CC1. The van der Waals surface area contributed by atoms with Crippen LogP contribution in [-0.4, -0.2) is 27.9 Å². The number of carbonyl (C=O) groups is 1. The van der Waals surface area contributed by atoms with Gasteiger partial charge < -0.3 is 15.0 Å². The van der Waals surface area contributed by atoms with Crippen LogP contribution < -0.4 is 10.6 Å². The molecule has 1 amide bonds. The van der Waals surface area contributed by atoms with Crippen LogP contribution in [0, 0.1) is 6.92 Å². The average molecular weight is 272 g/mol. The number of hydrogen-bond donors (Lipinski definition) is 2. The van der Waals surface area contributed by atoms with E-state index < -0.39 is 0 Å². The second kappa shape index (κ2) is 5.63. The van der Waals surface area contributed by atoms with Gasteiger partial charge >= 0.3 is 0 Å². The molecule has 0 aliphatic heterocycles. The third-order valence-electron chi connectivity index (χ3n) is 3.59. The van der Waals surface area contributed by atoms with Gasteiger partial charge in [-0.05, 0) is 31.9 Å². The molecule has 1 saturated carbocycles. The summed E-state index contributed by atoms with van der Waals surface area (Å²) in [6, 6.07) is 6.44. The molecule has 1 aliphatic carbocycles. The fourth-order valence-corrected chi connectivity index (χ4v) is 2.31. The van der Waals surface area contributed by atoms with Crippen LogP contribution in [0.2, 0.25) is 0 Å². The summed E-state index contributed by atoms with van der Waals surface area (Å²) < 4.78 is 2.09. The third kappa shape index (κ3) is 2.99. The van der Waals surface area contributed by atoms with E-state index in [0.717, 1.165) is 36.4 Å². The molecule has 2 aromatic heterocycles. The first kappa shape index (κ1) is 13.1. The zero-order valence-corrected chi connectivity index (χ0v) is 11.7. The molecule has 5 nitrogen and oxygen atoms in total. The number of rotatable bonds is 6. The van der Waals surface area contributed by atoms with Crippen LogP contribution in [0.15, 0.2) is 24.4 Å². The van der Waals surface area contributed by atoms with E-state index in [1.165, 1.54) is 0 Å². The van der Waals surface area contributed by atoms with Gasteiger partial charge in [0.25, 0.3) is 0 Å². The first-order valence-electron chi connectivity index (χ1n) is 7.16. The Morgan fingerprint density at radius 3 is 3.10 bits per heavy atom. The van der Waals surface area contributed by atoms with Crippen molar-refractivity contribution in [1.82, 2.24) is 20.0 Å². The minimum absolute atomic E-state index is 0.148. The number of imidazole rings is 1. The molecular formula is C15H20N4O. The average Bonchev–Trinajstić information content (AvgIpc) is 3.18. The van der Waals surface area contributed by atoms with Crippen molar-refractivity contribution in [2.45, 2.75) is 38.8 Å². The van der Waals surface area contributed by atoms with Gasteiger partial charge in [-0.25, -0.2) is 4.98 Å². The largest absolute Gasteiger partial charge is 0.353 e. The number of hydrogen-bond acceptors (Lipinski definition) is 3. The number of nitrogens with one attached hydrogen (secondary N) is 2. The molecule has 5 heteroatoms. The summed E-state index contributed by atoms with van der Waals surface area (Å²) in [6.45, 7) is 3.44. The summed E-state index contributed by atoms with van der Waals surface area (Å²) in [7, 11) is 0. The van der Waals surface area contributed by atoms with E-state index in [-0.39, 0.29) is 5.91 Å². The molecule has 3 rings (SSSR count). The summed E-state index contributed by atoms with van der Waals surface area (Å²) in [5, 5.41) is 6.32. The molecule has 106 valence electrons. The quantitative estimate of drug-likeness (QED) is 0.782. The lowest BCUT2D eigenvalue weighted by atomic mass is 10.3. The number of fused-ring (bicyclic) bond motifs is 1. The zero-order chi connectivity index (χ0) is 13.9. The molecule has 0 bridgehead atoms. The molecule has 0 radical (unpaired) electrons. The fraction of sp³-hybridized carbons (Fsp3) is 0.467. The Balaban J connectivity index is 1.51. The highest BCUT2D eigenvalue weighted by atomic mass is 16.1. The van der Waals surface area contributed by atoms with Crippen LogP contribution in [-0.2, 0) is 11.3 Å². The first-order valence-corrected chi connectivity index (χ1v) is 7.16. The predicted molar refractivity (Wildman–Crippen MR) is 77.4 cm³/mol. The summed E-state index contributed by atoms with van der Waals surface area (Å²) in [4.78, 5) is 16.1. The van der Waals surface area contributed by atoms with Gasteiger partial charge in [-0.1, -0.05) is 6.07 Å². The van der Waals surface area contributed by atoms with Gasteiger partial charge in [-0.2, -0.15) is 0 Å². The van der Waals surface area contributed by atoms with E-state index >= 15 is 0 Å². The van der Waals surface area contributed by atoms with Gasteiger partial charge in [0, 0.05) is 31.7 Å². The number of nitrogens with zero attached hydrogens (tertiary/aromatic N) is 2. The Labute approximate surface area is 118 Å². The topological polar surface area (TPSA) is 58.4 Å². The van der Waals surface area contributed by atoms with E-state index in [2.05, 4.69) is 20.0 Å². The van der Waals surface area contributed by atoms with Crippen molar-refractivity contribution >= 4 is 11.6 Å². The minimum atomic E-state index is 0.148. The number of aryl methyl sites for hydroxylation is 1. The summed E-state index contributed by atoms with van der Waals surface area (Å²) in [5.74, 6) is 0.148. The minimum Gasteiger partial charge on any atom is -0.353 e. The maximum absolute atomic E-state index is 11.6. The van der Waals surface area contributed by atoms with Crippen LogP contribution in [0.4, 0.5) is 0 Å². The first-order chi connectivity index (χ1) is 9.74. The summed E-state index contributed by atoms with van der Waals surface area (Å²) >= 11 is 0. The smallest absolute Gasteiger partial charge is 0.221 e. The van der Waals surface area contributed by atoms with Crippen molar-refractivity contribution in [1.29, 1.82) is 0 Å². The molecule has 2 aromatic rings. The van der Waals surface area contributed by atoms with Gasteiger partial charge in [0.1, 0.15) is 5.65 Å². The van der Waals surface area contributed by atoms with E-state index in [9.17, 15) is 4.79 Å². The van der Waals surface area contributed by atoms with Gasteiger partial charge in [0.2, 0.25) is 5.91 Å². The van der Waals surface area contributed by atoms with Crippen molar-refractivity contribution in [3.05, 3.63) is 35.8 Å². The van der Waals surface area contributed by atoms with Gasteiger partial charge in [0.15, 0.2) is 0 Å². The van der Waals surface area contributed by atoms with Gasteiger partial charge in [-0.15, -0.1) is 0 Å². The Morgan fingerprint density at radius 2 is 2.30 bits per heavy atom. The van der Waals surface area contributed by atoms with Crippen LogP contribution in [0.3, 0.4) is 0 Å². The molecule has 0 aromatic carbocycles. The van der Waals surface area contributed by atoms with Gasteiger partial charge in [0.05, 0.1) is 11.4 Å². The van der Waals surface area contributed by atoms with Crippen molar-refractivity contribution in [3.63, 3.8) is 0 Å². The Hall–Kier alpha value is -1.88. The molecule has 20 heavy (non-hydrogen) atoms. The highest BCUT2D eigenvalue weighted by Gasteiger charge is 2.22. The number of carbonyl (C=O) groups excluding carboxylic acids is 1. The monoisotopic (exact) mass is 272 g/mol. The standard InChI is InChI=1S/C15H20N4O/c1-11-13(19-9-3-2-4-14(19)17-11)10-16-8-7-15(20)18-12-5-6-12/h2-4,9,12,16H,5-8,10H2,1H3,(H,18,20). The van der Waals surface area contributed by atoms with E-state index in [4.69, 9.17) is 0 Å². The Kier molecular flexibility index (Phi) is 3.69. The second-order valence-corrected chi connectivity index (χ2v) is 5.34. The molecule has 1 fully saturated rings. The van der Waals surface area contributed by atoms with E-state index in [1.807, 2.05) is 31.3 Å². The maximum atomic E-state index is 11.6. The van der Waals surface area contributed by atoms with E-state index in [0.29, 0.717) is 19.0 Å². The van der Waals surface area contributed by atoms with Crippen LogP contribution in [0.25, 0.3) is 5.65 Å². The molecule has 2 N–H and O–H groups in total. The summed E-state index contributed by atoms with van der Waals surface area (Å²) in [5.41, 5.74) is 3.16. The van der Waals surface area contributed by atoms with Crippen LogP contribution in [0.1, 0.15) is 30.7 Å². The number of aromatic nitrogens is 2. The van der Waals surface area contributed by atoms with Crippen molar-refractivity contribution in [3.8, 4) is 0 Å². The fourth-order valence-electron chi connectivity index (χ4n) is 2.31. The molecular weight excluding hydrogens is 252 g/mol. The molecule has 0 spiro atoms. The predicted octanol–water partition coefficient (Wildman–Crippen LogP) is 1.40. The highest BCUT2D eigenvalue weighted by molar-refractivity contribution is 5.76. The van der Waals surface area contributed by atoms with Crippen molar-refractivity contribution in [2.24, 2.45) is 0 Å². The lowest BCUT2D eigenvalue weighted by Gasteiger charge is -2.06. The molecule has 0 atom stereocenters. The maximum Gasteiger partial charge on any atom is 0.221 e. The highest BCUT2D eigenvalue weighted by Crippen LogP contribution is 2.18. The van der Waals surface area contributed by atoms with Gasteiger partial charge in [-0.3, -0.25) is 4.79 Å². The number of pyridine rings is 1. The normalized spacial score (nSPS) is 14.7. The second-order valence-electron chi connectivity index (χ2n) is 5.34. The molecule has 0 saturated heterocycles. The lowest BCUT2D eigenvalue weighted by molar-refractivity contribution is -0.121. The Morgan fingerprint density at radius 1 is 1.45 bits per heavy atom.